The third-order valence-corrected chi connectivity index (χ3v) is 1.83. The molecular formula is C8H19NO2. The number of hydrogen-bond donors (Lipinski definition) is 0. The monoisotopic (exact) mass is 161 g/mol. The van der Waals surface area contributed by atoms with Crippen LogP contribution in [0.25, 0.3) is 0 Å². The molecular weight excluding hydrogens is 142 g/mol. The summed E-state index contributed by atoms with van der Waals surface area (Å²) >= 11 is 0. The smallest absolute Gasteiger partial charge is 0.169 e. The number of hydrogen-bond acceptors (Lipinski definition) is 3. The Hall–Kier alpha value is -0.120. The number of likely N-dealkylation sites (N-methyl/N-ethyl adjacent to an activating group) is 1. The molecule has 0 aliphatic heterocycles. The number of rotatable bonds is 6. The van der Waals surface area contributed by atoms with Gasteiger partial charge in [0.05, 0.1) is 0 Å². The van der Waals surface area contributed by atoms with E-state index in [0.717, 1.165) is 19.6 Å². The second kappa shape index (κ2) is 6.58. The summed E-state index contributed by atoms with van der Waals surface area (Å²) in [6.45, 7) is 7.19. The lowest BCUT2D eigenvalue weighted by atomic mass is 10.4. The SMILES string of the molecule is CCN(CC)CC(OC)OC. The summed E-state index contributed by atoms with van der Waals surface area (Å²) in [6.07, 6.45) is -0.0881. The van der Waals surface area contributed by atoms with E-state index in [4.69, 9.17) is 9.47 Å². The average Bonchev–Trinajstić information content (AvgIpc) is 2.07. The normalized spacial score (nSPS) is 11.5. The predicted molar refractivity (Wildman–Crippen MR) is 45.6 cm³/mol. The molecule has 0 aromatic heterocycles. The van der Waals surface area contributed by atoms with E-state index in [1.165, 1.54) is 0 Å². The van der Waals surface area contributed by atoms with Gasteiger partial charge in [-0.3, -0.25) is 4.90 Å². The van der Waals surface area contributed by atoms with Gasteiger partial charge in [-0.25, -0.2) is 0 Å². The minimum atomic E-state index is -0.0881. The van der Waals surface area contributed by atoms with E-state index in [9.17, 15) is 0 Å². The molecule has 0 amide bonds. The molecule has 0 aliphatic carbocycles. The molecule has 0 saturated carbocycles. The lowest BCUT2D eigenvalue weighted by Gasteiger charge is -2.22. The Kier molecular flexibility index (Phi) is 6.51. The van der Waals surface area contributed by atoms with Gasteiger partial charge in [-0.1, -0.05) is 13.8 Å². The van der Waals surface area contributed by atoms with Gasteiger partial charge in [0.25, 0.3) is 0 Å². The number of nitrogens with zero attached hydrogens (tertiary/aromatic N) is 1. The fourth-order valence-corrected chi connectivity index (χ4v) is 0.938. The molecule has 0 radical (unpaired) electrons. The van der Waals surface area contributed by atoms with Gasteiger partial charge in [0.2, 0.25) is 0 Å². The van der Waals surface area contributed by atoms with Crippen molar-refractivity contribution in [3.8, 4) is 0 Å². The minimum absolute atomic E-state index is 0.0881. The van der Waals surface area contributed by atoms with Crippen LogP contribution in [-0.2, 0) is 9.47 Å². The van der Waals surface area contributed by atoms with Gasteiger partial charge in [-0.05, 0) is 13.1 Å². The van der Waals surface area contributed by atoms with Gasteiger partial charge >= 0.3 is 0 Å². The summed E-state index contributed by atoms with van der Waals surface area (Å²) in [5.74, 6) is 0. The van der Waals surface area contributed by atoms with E-state index in [2.05, 4.69) is 18.7 Å². The average molecular weight is 161 g/mol. The van der Waals surface area contributed by atoms with Crippen molar-refractivity contribution in [2.45, 2.75) is 20.1 Å². The number of methoxy groups -OCH3 is 2. The summed E-state index contributed by atoms with van der Waals surface area (Å²) in [5.41, 5.74) is 0. The fourth-order valence-electron chi connectivity index (χ4n) is 0.938. The van der Waals surface area contributed by atoms with E-state index >= 15 is 0 Å². The maximum absolute atomic E-state index is 5.07. The Labute approximate surface area is 69.3 Å². The van der Waals surface area contributed by atoms with E-state index in [0.29, 0.717) is 0 Å². The van der Waals surface area contributed by atoms with E-state index in [-0.39, 0.29) is 6.29 Å². The summed E-state index contributed by atoms with van der Waals surface area (Å²) in [5, 5.41) is 0. The van der Waals surface area contributed by atoms with E-state index in [1.807, 2.05) is 0 Å². The zero-order valence-electron chi connectivity index (χ0n) is 7.96. The van der Waals surface area contributed by atoms with Crippen molar-refractivity contribution < 1.29 is 9.47 Å². The second-order valence-corrected chi connectivity index (χ2v) is 2.39. The molecule has 0 fully saturated rings. The zero-order chi connectivity index (χ0) is 8.69. The molecule has 0 atom stereocenters. The Morgan fingerprint density at radius 2 is 1.55 bits per heavy atom. The van der Waals surface area contributed by atoms with Crippen LogP contribution in [0, 0.1) is 0 Å². The number of ether oxygens (including phenoxy) is 2. The molecule has 0 spiro atoms. The van der Waals surface area contributed by atoms with Crippen molar-refractivity contribution in [3.05, 3.63) is 0 Å². The molecule has 0 aromatic rings. The van der Waals surface area contributed by atoms with E-state index < -0.39 is 0 Å². The van der Waals surface area contributed by atoms with Gasteiger partial charge in [-0.2, -0.15) is 0 Å². The van der Waals surface area contributed by atoms with Crippen LogP contribution < -0.4 is 0 Å². The first-order valence-corrected chi connectivity index (χ1v) is 4.06. The lowest BCUT2D eigenvalue weighted by molar-refractivity contribution is -0.115. The lowest BCUT2D eigenvalue weighted by Crippen LogP contribution is -2.34. The molecule has 68 valence electrons. The molecule has 0 saturated heterocycles. The standard InChI is InChI=1S/C8H19NO2/c1-5-9(6-2)7-8(10-3)11-4/h8H,5-7H2,1-4H3. The predicted octanol–water partition coefficient (Wildman–Crippen LogP) is 0.947. The Morgan fingerprint density at radius 1 is 1.09 bits per heavy atom. The van der Waals surface area contributed by atoms with Crippen molar-refractivity contribution in [2.24, 2.45) is 0 Å². The van der Waals surface area contributed by atoms with Crippen LogP contribution in [0.15, 0.2) is 0 Å². The van der Waals surface area contributed by atoms with Crippen LogP contribution >= 0.6 is 0 Å². The van der Waals surface area contributed by atoms with Crippen molar-refractivity contribution in [1.29, 1.82) is 0 Å². The van der Waals surface area contributed by atoms with Crippen LogP contribution in [-0.4, -0.2) is 45.0 Å². The van der Waals surface area contributed by atoms with Gasteiger partial charge in [-0.15, -0.1) is 0 Å². The Morgan fingerprint density at radius 3 is 1.82 bits per heavy atom. The molecule has 11 heavy (non-hydrogen) atoms. The quantitative estimate of drug-likeness (QED) is 0.541. The van der Waals surface area contributed by atoms with Gasteiger partial charge < -0.3 is 9.47 Å². The molecule has 0 bridgehead atoms. The third-order valence-electron chi connectivity index (χ3n) is 1.83. The highest BCUT2D eigenvalue weighted by Crippen LogP contribution is 1.95. The molecule has 0 heterocycles. The highest BCUT2D eigenvalue weighted by Gasteiger charge is 2.08. The van der Waals surface area contributed by atoms with Crippen LogP contribution in [0.5, 0.6) is 0 Å². The maximum atomic E-state index is 5.07. The molecule has 0 aromatic carbocycles. The molecule has 0 rings (SSSR count). The second-order valence-electron chi connectivity index (χ2n) is 2.39. The minimum Gasteiger partial charge on any atom is -0.355 e. The summed E-state index contributed by atoms with van der Waals surface area (Å²) in [6, 6.07) is 0. The molecule has 0 aliphatic rings. The first kappa shape index (κ1) is 10.9. The van der Waals surface area contributed by atoms with Crippen molar-refractivity contribution in [3.63, 3.8) is 0 Å². The van der Waals surface area contributed by atoms with E-state index in [1.54, 1.807) is 14.2 Å². The molecule has 3 nitrogen and oxygen atoms in total. The maximum Gasteiger partial charge on any atom is 0.169 e. The van der Waals surface area contributed by atoms with Crippen LogP contribution in [0.4, 0.5) is 0 Å². The highest BCUT2D eigenvalue weighted by atomic mass is 16.7. The first-order valence-electron chi connectivity index (χ1n) is 4.06. The van der Waals surface area contributed by atoms with Gasteiger partial charge in [0.15, 0.2) is 6.29 Å². The first-order chi connectivity index (χ1) is 5.28. The topological polar surface area (TPSA) is 21.7 Å². The van der Waals surface area contributed by atoms with Crippen LogP contribution in [0.2, 0.25) is 0 Å². The van der Waals surface area contributed by atoms with Gasteiger partial charge in [0.1, 0.15) is 0 Å². The van der Waals surface area contributed by atoms with Crippen LogP contribution in [0.3, 0.4) is 0 Å². The third kappa shape index (κ3) is 4.35. The zero-order valence-corrected chi connectivity index (χ0v) is 7.96. The molecule has 0 N–H and O–H groups in total. The fraction of sp³-hybridized carbons (Fsp3) is 1.00. The highest BCUT2D eigenvalue weighted by molar-refractivity contribution is 4.54. The largest absolute Gasteiger partial charge is 0.355 e. The Bertz CT molecular complexity index is 70.2. The Balaban J connectivity index is 3.58. The van der Waals surface area contributed by atoms with Crippen molar-refractivity contribution in [2.75, 3.05) is 33.9 Å². The summed E-state index contributed by atoms with van der Waals surface area (Å²) in [4.78, 5) is 2.26. The van der Waals surface area contributed by atoms with Gasteiger partial charge in [0, 0.05) is 20.8 Å². The van der Waals surface area contributed by atoms with Crippen molar-refractivity contribution >= 4 is 0 Å². The summed E-state index contributed by atoms with van der Waals surface area (Å²) in [7, 11) is 3.33. The molecule has 0 unspecified atom stereocenters. The van der Waals surface area contributed by atoms with Crippen LogP contribution in [0.1, 0.15) is 13.8 Å². The summed E-state index contributed by atoms with van der Waals surface area (Å²) < 4.78 is 10.1. The molecule has 3 heteroatoms. The van der Waals surface area contributed by atoms with Crippen molar-refractivity contribution in [1.82, 2.24) is 4.90 Å².